The maximum atomic E-state index is 4.11. The third kappa shape index (κ3) is 17.7. The largest absolute Gasteiger partial charge is 2.00 e. The number of hydrogen-bond acceptors (Lipinski definition) is 4. The molecule has 0 aromatic heterocycles. The monoisotopic (exact) mass is 992 g/mol. The molecule has 2 aliphatic rings. The summed E-state index contributed by atoms with van der Waals surface area (Å²) < 4.78 is 0. The zero-order chi connectivity index (χ0) is 28.6. The van der Waals surface area contributed by atoms with E-state index < -0.39 is 0 Å². The predicted octanol–water partition coefficient (Wildman–Crippen LogP) is -3.39. The number of nitrogens with one attached hydrogen (secondary N) is 2. The first-order valence-electron chi connectivity index (χ1n) is 17.9. The van der Waals surface area contributed by atoms with E-state index in [1.165, 1.54) is 135 Å². The Hall–Kier alpha value is 2.80. The molecule has 0 spiro atoms. The van der Waals surface area contributed by atoms with Crippen LogP contribution in [0.4, 0.5) is 0 Å². The second-order valence-corrected chi connectivity index (χ2v) is 13.6. The molecule has 0 aromatic rings. The fourth-order valence-corrected chi connectivity index (χ4v) is 8.47. The van der Waals surface area contributed by atoms with Gasteiger partial charge in [0.15, 0.2) is 0 Å². The van der Waals surface area contributed by atoms with Gasteiger partial charge in [0.25, 0.3) is 0 Å². The Morgan fingerprint density at radius 2 is 0.822 bits per heavy atom. The first-order chi connectivity index (χ1) is 18.9. The second kappa shape index (κ2) is 32.7. The molecule has 0 amide bonds. The van der Waals surface area contributed by atoms with Crippen LogP contribution in [0, 0.1) is 11.8 Å². The summed E-state index contributed by atoms with van der Waals surface area (Å²) in [5.41, 5.74) is 0.791. The van der Waals surface area contributed by atoms with Gasteiger partial charge in [-0.25, -0.2) is 0 Å². The number of unbranched alkanes of at least 4 members (excludes halogenated alkanes) is 1. The fraction of sp³-hybridized carbons (Fsp3) is 1.00. The van der Waals surface area contributed by atoms with Gasteiger partial charge < -0.3 is 78.6 Å². The summed E-state index contributed by atoms with van der Waals surface area (Å²) in [4.78, 5) is 5.83. The molecule has 2 fully saturated rings. The summed E-state index contributed by atoms with van der Waals surface area (Å²) in [6, 6.07) is 0. The van der Waals surface area contributed by atoms with Gasteiger partial charge in [-0.05, 0) is 95.8 Å². The molecule has 2 unspecified atom stereocenters. The number of halogens is 4. The van der Waals surface area contributed by atoms with E-state index in [-0.39, 0.29) is 102 Å². The zero-order valence-corrected chi connectivity index (χ0v) is 38.2. The maximum absolute atomic E-state index is 4.11. The average molecular weight is 998 g/mol. The summed E-state index contributed by atoms with van der Waals surface area (Å²) in [5.74, 6) is 1.38. The molecule has 2 saturated carbocycles. The fourth-order valence-electron chi connectivity index (χ4n) is 8.47. The molecule has 2 rings (SSSR count). The van der Waals surface area contributed by atoms with E-state index in [1.807, 2.05) is 0 Å². The van der Waals surface area contributed by atoms with Crippen LogP contribution in [-0.2, 0) is 34.1 Å². The molecule has 0 saturated heterocycles. The van der Waals surface area contributed by atoms with Gasteiger partial charge in [-0.3, -0.25) is 9.80 Å². The van der Waals surface area contributed by atoms with Crippen LogP contribution in [0.15, 0.2) is 0 Å². The second-order valence-electron chi connectivity index (χ2n) is 13.6. The van der Waals surface area contributed by atoms with Gasteiger partial charge in [0.1, 0.15) is 0 Å². The van der Waals surface area contributed by atoms with Crippen molar-refractivity contribution in [3.63, 3.8) is 0 Å². The molecule has 0 aromatic carbocycles. The predicted molar refractivity (Wildman–Crippen MR) is 174 cm³/mol. The van der Waals surface area contributed by atoms with Gasteiger partial charge in [0.05, 0.1) is 6.17 Å². The third-order valence-corrected chi connectivity index (χ3v) is 10.7. The Morgan fingerprint density at radius 1 is 0.511 bits per heavy atom. The van der Waals surface area contributed by atoms with Crippen LogP contribution in [0.5, 0.6) is 0 Å². The first-order valence-corrected chi connectivity index (χ1v) is 17.9. The number of hydrogen-bond donors (Lipinski definition) is 2. The average Bonchev–Trinajstić information content (AvgIpc) is 2.96. The topological polar surface area (TPSA) is 30.5 Å². The van der Waals surface area contributed by atoms with Crippen molar-refractivity contribution in [1.29, 1.82) is 0 Å². The van der Waals surface area contributed by atoms with Crippen molar-refractivity contribution >= 4 is 0 Å². The first kappa shape index (κ1) is 57.2. The van der Waals surface area contributed by atoms with Gasteiger partial charge in [0, 0.05) is 24.2 Å². The molecular weight excluding hydrogens is 925 g/mol. The standard InChI is InChI=1S/C35H72N4.4BrH.2Cu/c1-8-13-20-33(36-29-31(6)34(21-16-14-17-22-34)38(25-9-2)26-10-3)37-30-32(7)35(23-18-15-19-24-35)39(27-11-4)28-12-5;;;;;;/h31-33,36-37H,8-30H2,1-7H3;4*1H;;/q;;;;;2*+2/p-4/i38+1,39+1;;;;;;. The van der Waals surface area contributed by atoms with E-state index in [9.17, 15) is 0 Å². The van der Waals surface area contributed by atoms with Crippen molar-refractivity contribution in [1.82, 2.24) is 20.4 Å². The van der Waals surface area contributed by atoms with Gasteiger partial charge in [0.2, 0.25) is 0 Å². The molecule has 2 atom stereocenters. The molecule has 2 aliphatic carbocycles. The van der Waals surface area contributed by atoms with Gasteiger partial charge in [-0.2, -0.15) is 0 Å². The minimum absolute atomic E-state index is 0. The molecule has 2 radical (unpaired) electrons. The van der Waals surface area contributed by atoms with E-state index in [0.717, 1.165) is 13.1 Å². The summed E-state index contributed by atoms with van der Waals surface area (Å²) in [6.07, 6.45) is 23.5. The Bertz CT molecular complexity index is 566. The van der Waals surface area contributed by atoms with Gasteiger partial charge in [-0.15, -0.1) is 0 Å². The van der Waals surface area contributed by atoms with Crippen molar-refractivity contribution in [2.75, 3.05) is 39.3 Å². The molecule has 2 N–H and O–H groups in total. The van der Waals surface area contributed by atoms with Crippen LogP contribution >= 0.6 is 0 Å². The summed E-state index contributed by atoms with van der Waals surface area (Å²) in [5, 5.41) is 8.23. The van der Waals surface area contributed by atoms with Crippen molar-refractivity contribution < 1.29 is 102 Å². The number of nitrogens with zero attached hydrogens (tertiary/aromatic N) is 2. The quantitative estimate of drug-likeness (QED) is 0.0716. The van der Waals surface area contributed by atoms with Crippen molar-refractivity contribution in [2.45, 2.75) is 175 Å². The third-order valence-electron chi connectivity index (χ3n) is 10.7. The summed E-state index contributed by atoms with van der Waals surface area (Å²) in [7, 11) is 0. The van der Waals surface area contributed by atoms with Crippen LogP contribution in [0.3, 0.4) is 0 Å². The summed E-state index contributed by atoms with van der Waals surface area (Å²) in [6.45, 7) is 24.3. The zero-order valence-electron chi connectivity index (χ0n) is 30.0. The van der Waals surface area contributed by atoms with Crippen LogP contribution in [-0.4, -0.2) is 66.3 Å². The Balaban J connectivity index is -0.000000889. The molecule has 4 nitrogen and oxygen atoms in total. The van der Waals surface area contributed by atoms with Crippen molar-refractivity contribution in [2.24, 2.45) is 11.8 Å². The maximum Gasteiger partial charge on any atom is 2.00 e. The normalized spacial score (nSPS) is 18.9. The molecule has 0 bridgehead atoms. The van der Waals surface area contributed by atoms with Crippen molar-refractivity contribution in [3.05, 3.63) is 0 Å². The van der Waals surface area contributed by atoms with E-state index in [2.05, 4.69) is 68.9 Å². The molecule has 0 aliphatic heterocycles. The molecular formula is C35H72Br4Cu2N4. The smallest absolute Gasteiger partial charge is 1.00 e. The summed E-state index contributed by atoms with van der Waals surface area (Å²) >= 11 is 0. The van der Waals surface area contributed by atoms with Crippen LogP contribution in [0.2, 0.25) is 0 Å². The minimum Gasteiger partial charge on any atom is -1.00 e. The van der Waals surface area contributed by atoms with E-state index in [4.69, 9.17) is 0 Å². The van der Waals surface area contributed by atoms with E-state index >= 15 is 0 Å². The molecule has 282 valence electrons. The van der Waals surface area contributed by atoms with E-state index in [1.54, 1.807) is 0 Å². The minimum atomic E-state index is 0. The van der Waals surface area contributed by atoms with Gasteiger partial charge >= 0.3 is 34.1 Å². The van der Waals surface area contributed by atoms with E-state index in [0.29, 0.717) is 29.1 Å². The Kier molecular flexibility index (Phi) is 41.5. The SMILES string of the molecule is CCCCC(NCC(C)C1([15N](CCC)CCC)CCCCC1)NCC(C)C1([15N](CCC)CCC)CCCCC1.[Br-].[Br-].[Br-].[Br-].[Cu+2].[Cu+2]. The molecule has 0 heterocycles. The van der Waals surface area contributed by atoms with Gasteiger partial charge in [-0.1, -0.05) is 99.8 Å². The van der Waals surface area contributed by atoms with Crippen LogP contribution in [0.25, 0.3) is 0 Å². The number of rotatable bonds is 21. The Morgan fingerprint density at radius 3 is 1.09 bits per heavy atom. The molecule has 10 heteroatoms. The van der Waals surface area contributed by atoms with Crippen LogP contribution < -0.4 is 78.6 Å². The Labute approximate surface area is 345 Å². The molecule has 45 heavy (non-hydrogen) atoms. The van der Waals surface area contributed by atoms with Crippen molar-refractivity contribution in [3.8, 4) is 0 Å². The van der Waals surface area contributed by atoms with Crippen LogP contribution in [0.1, 0.15) is 158 Å².